The first-order valence-corrected chi connectivity index (χ1v) is 9.68. The maximum absolute atomic E-state index is 13.2. The molecule has 0 radical (unpaired) electrons. The highest BCUT2D eigenvalue weighted by Gasteiger charge is 2.22. The van der Waals surface area contributed by atoms with Gasteiger partial charge in [0.1, 0.15) is 15.9 Å². The Labute approximate surface area is 157 Å². The summed E-state index contributed by atoms with van der Waals surface area (Å²) in [5.74, 6) is -0.681. The van der Waals surface area contributed by atoms with Crippen molar-refractivity contribution in [1.29, 1.82) is 0 Å². The second-order valence-corrected chi connectivity index (χ2v) is 8.02. The van der Waals surface area contributed by atoms with Crippen molar-refractivity contribution in [2.24, 2.45) is 0 Å². The van der Waals surface area contributed by atoms with Crippen LogP contribution in [0.5, 0.6) is 0 Å². The number of thiophene rings is 1. The number of aromatic amines is 1. The number of hydrogen-bond acceptors (Lipinski definition) is 6. The van der Waals surface area contributed by atoms with E-state index in [1.807, 2.05) is 13.8 Å². The summed E-state index contributed by atoms with van der Waals surface area (Å²) in [7, 11) is 1.34. The number of aromatic nitrogens is 2. The van der Waals surface area contributed by atoms with Crippen LogP contribution >= 0.6 is 23.1 Å². The number of benzene rings is 1. The van der Waals surface area contributed by atoms with Gasteiger partial charge in [-0.05, 0) is 31.0 Å². The normalized spacial score (nSPS) is 12.3. The summed E-state index contributed by atoms with van der Waals surface area (Å²) in [5.41, 5.74) is 1.25. The van der Waals surface area contributed by atoms with E-state index in [1.54, 1.807) is 12.1 Å². The molecule has 1 aromatic carbocycles. The molecule has 3 rings (SSSR count). The van der Waals surface area contributed by atoms with Gasteiger partial charge in [-0.3, -0.25) is 9.59 Å². The molecule has 1 unspecified atom stereocenters. The van der Waals surface area contributed by atoms with Gasteiger partial charge in [-0.1, -0.05) is 30.8 Å². The number of aryl methyl sites for hydroxylation is 1. The van der Waals surface area contributed by atoms with Crippen LogP contribution < -0.4 is 5.56 Å². The number of carbonyl (C=O) groups is 1. The van der Waals surface area contributed by atoms with Crippen LogP contribution in [0.25, 0.3) is 21.3 Å². The predicted molar refractivity (Wildman–Crippen MR) is 102 cm³/mol. The summed E-state index contributed by atoms with van der Waals surface area (Å²) in [6, 6.07) is 6.03. The topological polar surface area (TPSA) is 72.0 Å². The van der Waals surface area contributed by atoms with E-state index in [0.29, 0.717) is 21.8 Å². The van der Waals surface area contributed by atoms with E-state index in [2.05, 4.69) is 9.97 Å². The molecule has 5 nitrogen and oxygen atoms in total. The molecule has 0 aliphatic carbocycles. The molecule has 0 saturated carbocycles. The second-order valence-electron chi connectivity index (χ2n) is 5.63. The van der Waals surface area contributed by atoms with Gasteiger partial charge in [-0.25, -0.2) is 9.37 Å². The van der Waals surface area contributed by atoms with Gasteiger partial charge < -0.3 is 9.72 Å². The number of hydrogen-bond donors (Lipinski definition) is 1. The first kappa shape index (κ1) is 18.6. The van der Waals surface area contributed by atoms with Crippen LogP contribution in [0.4, 0.5) is 4.39 Å². The highest BCUT2D eigenvalue weighted by molar-refractivity contribution is 8.00. The van der Waals surface area contributed by atoms with Crippen LogP contribution in [0, 0.1) is 12.7 Å². The Hall–Kier alpha value is -2.19. The molecule has 0 spiro atoms. The average Bonchev–Trinajstić information content (AvgIpc) is 2.96. The van der Waals surface area contributed by atoms with Crippen molar-refractivity contribution in [2.75, 3.05) is 7.11 Å². The standard InChI is InChI=1S/C18H17FN2O3S2/c1-4-12(17(23)24-3)26-18-20-15(22)14-13(9(2)25-16(14)21-18)10-5-7-11(19)8-6-10/h5-8,12H,4H2,1-3H3,(H,20,21,22). The van der Waals surface area contributed by atoms with Crippen molar-refractivity contribution in [3.63, 3.8) is 0 Å². The zero-order valence-corrected chi connectivity index (χ0v) is 16.1. The highest BCUT2D eigenvalue weighted by atomic mass is 32.2. The van der Waals surface area contributed by atoms with E-state index >= 15 is 0 Å². The maximum atomic E-state index is 13.2. The molecule has 1 N–H and O–H groups in total. The summed E-state index contributed by atoms with van der Waals surface area (Å²) in [6.45, 7) is 3.77. The monoisotopic (exact) mass is 392 g/mol. The number of nitrogens with zero attached hydrogens (tertiary/aromatic N) is 1. The van der Waals surface area contributed by atoms with Gasteiger partial charge in [0.25, 0.3) is 5.56 Å². The number of esters is 1. The molecular weight excluding hydrogens is 375 g/mol. The van der Waals surface area contributed by atoms with Crippen LogP contribution in [0.15, 0.2) is 34.2 Å². The lowest BCUT2D eigenvalue weighted by Crippen LogP contribution is -2.19. The first-order valence-electron chi connectivity index (χ1n) is 7.98. The summed E-state index contributed by atoms with van der Waals surface area (Å²) < 4.78 is 18.0. The number of H-pyrrole nitrogens is 1. The number of halogens is 1. The van der Waals surface area contributed by atoms with Crippen molar-refractivity contribution >= 4 is 39.3 Å². The van der Waals surface area contributed by atoms with Gasteiger partial charge in [0.2, 0.25) is 0 Å². The number of fused-ring (bicyclic) bond motifs is 1. The lowest BCUT2D eigenvalue weighted by Gasteiger charge is -2.10. The molecule has 136 valence electrons. The molecule has 3 aromatic rings. The minimum absolute atomic E-state index is 0.277. The Morgan fingerprint density at radius 1 is 1.38 bits per heavy atom. The van der Waals surface area contributed by atoms with Crippen LogP contribution in [-0.4, -0.2) is 28.3 Å². The third-order valence-corrected chi connectivity index (χ3v) is 6.16. The third kappa shape index (κ3) is 3.52. The Morgan fingerprint density at radius 2 is 2.08 bits per heavy atom. The second kappa shape index (κ2) is 7.59. The summed E-state index contributed by atoms with van der Waals surface area (Å²) in [6.07, 6.45) is 0.559. The van der Waals surface area contributed by atoms with E-state index in [1.165, 1.54) is 42.3 Å². The Morgan fingerprint density at radius 3 is 2.69 bits per heavy atom. The summed E-state index contributed by atoms with van der Waals surface area (Å²) >= 11 is 2.58. The van der Waals surface area contributed by atoms with E-state index in [9.17, 15) is 14.0 Å². The molecule has 2 heterocycles. The molecule has 1 atom stereocenters. The van der Waals surface area contributed by atoms with E-state index in [-0.39, 0.29) is 17.3 Å². The largest absolute Gasteiger partial charge is 0.468 e. The SMILES string of the molecule is CCC(Sc1nc2sc(C)c(-c3ccc(F)cc3)c2c(=O)[nH]1)C(=O)OC. The van der Waals surface area contributed by atoms with Crippen molar-refractivity contribution < 1.29 is 13.9 Å². The summed E-state index contributed by atoms with van der Waals surface area (Å²) in [5, 5.41) is 0.430. The molecule has 0 amide bonds. The Balaban J connectivity index is 2.07. The molecule has 2 aromatic heterocycles. The quantitative estimate of drug-likeness (QED) is 0.401. The Kier molecular flexibility index (Phi) is 5.43. The first-order chi connectivity index (χ1) is 12.4. The fourth-order valence-corrected chi connectivity index (χ4v) is 4.71. The highest BCUT2D eigenvalue weighted by Crippen LogP contribution is 2.36. The number of methoxy groups -OCH3 is 1. The number of ether oxygens (including phenoxy) is 1. The maximum Gasteiger partial charge on any atom is 0.319 e. The van der Waals surface area contributed by atoms with E-state index in [4.69, 9.17) is 4.74 Å². The minimum atomic E-state index is -0.432. The summed E-state index contributed by atoms with van der Waals surface area (Å²) in [4.78, 5) is 33.2. The van der Waals surface area contributed by atoms with Crippen molar-refractivity contribution in [2.45, 2.75) is 30.7 Å². The van der Waals surface area contributed by atoms with E-state index in [0.717, 1.165) is 16.0 Å². The van der Waals surface area contributed by atoms with Gasteiger partial charge in [0.15, 0.2) is 5.16 Å². The molecule has 0 fully saturated rings. The van der Waals surface area contributed by atoms with Crippen LogP contribution in [0.1, 0.15) is 18.2 Å². The number of thioether (sulfide) groups is 1. The molecule has 0 bridgehead atoms. The van der Waals surface area contributed by atoms with Crippen LogP contribution in [0.2, 0.25) is 0 Å². The molecule has 8 heteroatoms. The number of rotatable bonds is 5. The van der Waals surface area contributed by atoms with Crippen LogP contribution in [-0.2, 0) is 9.53 Å². The van der Waals surface area contributed by atoms with Crippen molar-refractivity contribution in [3.8, 4) is 11.1 Å². The fourth-order valence-electron chi connectivity index (χ4n) is 2.68. The molecular formula is C18H17FN2O3S2. The molecule has 26 heavy (non-hydrogen) atoms. The van der Waals surface area contributed by atoms with Crippen molar-refractivity contribution in [1.82, 2.24) is 9.97 Å². The minimum Gasteiger partial charge on any atom is -0.468 e. The number of nitrogens with one attached hydrogen (secondary N) is 1. The Bertz CT molecular complexity index is 1010. The van der Waals surface area contributed by atoms with Gasteiger partial charge in [-0.2, -0.15) is 0 Å². The smallest absolute Gasteiger partial charge is 0.319 e. The van der Waals surface area contributed by atoms with Crippen molar-refractivity contribution in [3.05, 3.63) is 45.3 Å². The molecule has 0 aliphatic rings. The van der Waals surface area contributed by atoms with E-state index < -0.39 is 5.25 Å². The molecule has 0 saturated heterocycles. The van der Waals surface area contributed by atoms with Gasteiger partial charge in [0.05, 0.1) is 12.5 Å². The lowest BCUT2D eigenvalue weighted by atomic mass is 10.0. The average molecular weight is 392 g/mol. The zero-order valence-electron chi connectivity index (χ0n) is 14.5. The zero-order chi connectivity index (χ0) is 18.8. The number of carbonyl (C=O) groups excluding carboxylic acids is 1. The fraction of sp³-hybridized carbons (Fsp3) is 0.278. The van der Waals surface area contributed by atoms with Gasteiger partial charge in [-0.15, -0.1) is 11.3 Å². The molecule has 0 aliphatic heterocycles. The van der Waals surface area contributed by atoms with Crippen LogP contribution in [0.3, 0.4) is 0 Å². The lowest BCUT2D eigenvalue weighted by molar-refractivity contribution is -0.140. The van der Waals surface area contributed by atoms with Gasteiger partial charge in [0, 0.05) is 10.4 Å². The van der Waals surface area contributed by atoms with Gasteiger partial charge >= 0.3 is 5.97 Å². The third-order valence-electron chi connectivity index (χ3n) is 3.94. The predicted octanol–water partition coefficient (Wildman–Crippen LogP) is 4.14.